The average molecular weight is 211 g/mol. The first-order valence-electron chi connectivity index (χ1n) is 5.58. The summed E-state index contributed by atoms with van der Waals surface area (Å²) in [4.78, 5) is 26.4. The van der Waals surface area contributed by atoms with Gasteiger partial charge in [-0.1, -0.05) is 6.42 Å². The molecule has 1 N–H and O–H groups in total. The molecule has 2 saturated heterocycles. The fourth-order valence-electron chi connectivity index (χ4n) is 2.10. The Balaban J connectivity index is 1.82. The van der Waals surface area contributed by atoms with Crippen LogP contribution in [0.2, 0.25) is 0 Å². The fourth-order valence-corrected chi connectivity index (χ4v) is 2.10. The van der Waals surface area contributed by atoms with E-state index in [2.05, 4.69) is 10.2 Å². The van der Waals surface area contributed by atoms with E-state index in [0.717, 1.165) is 13.1 Å². The second kappa shape index (κ2) is 4.61. The van der Waals surface area contributed by atoms with E-state index in [1.54, 1.807) is 0 Å². The summed E-state index contributed by atoms with van der Waals surface area (Å²) in [6.07, 6.45) is 3.59. The highest BCUT2D eigenvalue weighted by atomic mass is 16.2. The van der Waals surface area contributed by atoms with Crippen LogP contribution in [-0.2, 0) is 4.79 Å². The number of hydrogen-bond acceptors (Lipinski definition) is 3. The van der Waals surface area contributed by atoms with Gasteiger partial charge in [0.05, 0.1) is 6.54 Å². The van der Waals surface area contributed by atoms with Crippen molar-refractivity contribution in [2.24, 2.45) is 0 Å². The van der Waals surface area contributed by atoms with Gasteiger partial charge >= 0.3 is 6.03 Å². The van der Waals surface area contributed by atoms with Crippen LogP contribution < -0.4 is 5.32 Å². The first-order valence-corrected chi connectivity index (χ1v) is 5.58. The van der Waals surface area contributed by atoms with Gasteiger partial charge in [-0.25, -0.2) is 4.79 Å². The molecule has 0 saturated carbocycles. The number of likely N-dealkylation sites (tertiary alicyclic amines) is 1. The van der Waals surface area contributed by atoms with Gasteiger partial charge in [-0.2, -0.15) is 0 Å². The molecule has 2 fully saturated rings. The molecule has 2 rings (SSSR count). The van der Waals surface area contributed by atoms with Crippen LogP contribution in [0.5, 0.6) is 0 Å². The number of amides is 3. The maximum absolute atomic E-state index is 11.7. The summed E-state index contributed by atoms with van der Waals surface area (Å²) in [5.74, 6) is -0.0631. The minimum absolute atomic E-state index is 0.0631. The molecule has 84 valence electrons. The normalized spacial score (nSPS) is 22.9. The second-order valence-electron chi connectivity index (χ2n) is 4.11. The molecule has 0 bridgehead atoms. The summed E-state index contributed by atoms with van der Waals surface area (Å²) in [6, 6.07) is -0.239. The highest BCUT2D eigenvalue weighted by Crippen LogP contribution is 2.09. The predicted molar refractivity (Wildman–Crippen MR) is 55.4 cm³/mol. The van der Waals surface area contributed by atoms with E-state index in [1.807, 2.05) is 0 Å². The highest BCUT2D eigenvalue weighted by molar-refractivity contribution is 5.96. The van der Waals surface area contributed by atoms with Crippen molar-refractivity contribution in [2.45, 2.75) is 19.3 Å². The van der Waals surface area contributed by atoms with Gasteiger partial charge in [-0.05, 0) is 25.9 Å². The molecule has 0 spiro atoms. The third kappa shape index (κ3) is 2.47. The van der Waals surface area contributed by atoms with E-state index < -0.39 is 0 Å². The number of nitrogens with zero attached hydrogens (tertiary/aromatic N) is 2. The standard InChI is InChI=1S/C10H17N3O2/c14-9(13-7-4-11-10(13)15)8-12-5-2-1-3-6-12/h1-8H2,(H,11,15). The summed E-state index contributed by atoms with van der Waals surface area (Å²) in [7, 11) is 0. The number of urea groups is 1. The largest absolute Gasteiger partial charge is 0.336 e. The fraction of sp³-hybridized carbons (Fsp3) is 0.800. The average Bonchev–Trinajstić information content (AvgIpc) is 2.66. The molecule has 0 atom stereocenters. The maximum atomic E-state index is 11.7. The lowest BCUT2D eigenvalue weighted by molar-refractivity contribution is -0.129. The lowest BCUT2D eigenvalue weighted by Crippen LogP contribution is -2.43. The SMILES string of the molecule is O=C(CN1CCCCC1)N1CCNC1=O. The first kappa shape index (κ1) is 10.4. The molecule has 3 amide bonds. The molecule has 0 aromatic heterocycles. The highest BCUT2D eigenvalue weighted by Gasteiger charge is 2.27. The van der Waals surface area contributed by atoms with Gasteiger partial charge < -0.3 is 5.32 Å². The minimum atomic E-state index is -0.239. The molecule has 0 aliphatic carbocycles. The molecule has 2 aliphatic rings. The van der Waals surface area contributed by atoms with E-state index >= 15 is 0 Å². The van der Waals surface area contributed by atoms with Gasteiger partial charge in [0.15, 0.2) is 0 Å². The molecule has 5 nitrogen and oxygen atoms in total. The van der Waals surface area contributed by atoms with E-state index in [-0.39, 0.29) is 11.9 Å². The molecule has 2 heterocycles. The van der Waals surface area contributed by atoms with Crippen LogP contribution in [0, 0.1) is 0 Å². The number of carbonyl (C=O) groups excluding carboxylic acids is 2. The van der Waals surface area contributed by atoms with Gasteiger partial charge in [0, 0.05) is 13.1 Å². The van der Waals surface area contributed by atoms with Crippen molar-refractivity contribution in [1.82, 2.24) is 15.1 Å². The number of nitrogens with one attached hydrogen (secondary N) is 1. The summed E-state index contributed by atoms with van der Waals surface area (Å²) < 4.78 is 0. The predicted octanol–water partition coefficient (Wildman–Crippen LogP) is 0.0241. The van der Waals surface area contributed by atoms with Crippen molar-refractivity contribution in [3.8, 4) is 0 Å². The zero-order valence-corrected chi connectivity index (χ0v) is 8.87. The number of imide groups is 1. The van der Waals surface area contributed by atoms with Crippen molar-refractivity contribution in [2.75, 3.05) is 32.7 Å². The first-order chi connectivity index (χ1) is 7.27. The van der Waals surface area contributed by atoms with Crippen LogP contribution in [0.1, 0.15) is 19.3 Å². The van der Waals surface area contributed by atoms with E-state index in [0.29, 0.717) is 19.6 Å². The van der Waals surface area contributed by atoms with Crippen LogP contribution in [0.4, 0.5) is 4.79 Å². The monoisotopic (exact) mass is 211 g/mol. The number of hydrogen-bond donors (Lipinski definition) is 1. The van der Waals surface area contributed by atoms with Crippen molar-refractivity contribution in [3.05, 3.63) is 0 Å². The summed E-state index contributed by atoms with van der Waals surface area (Å²) in [5, 5.41) is 2.64. The number of carbonyl (C=O) groups is 2. The maximum Gasteiger partial charge on any atom is 0.324 e. The van der Waals surface area contributed by atoms with E-state index in [1.165, 1.54) is 24.2 Å². The lowest BCUT2D eigenvalue weighted by atomic mass is 10.1. The van der Waals surface area contributed by atoms with Crippen molar-refractivity contribution < 1.29 is 9.59 Å². The molecule has 0 unspecified atom stereocenters. The molecular weight excluding hydrogens is 194 g/mol. The third-order valence-electron chi connectivity index (χ3n) is 2.97. The molecular formula is C10H17N3O2. The molecule has 0 aromatic rings. The molecule has 2 aliphatic heterocycles. The van der Waals surface area contributed by atoms with Gasteiger partial charge in [-0.15, -0.1) is 0 Å². The van der Waals surface area contributed by atoms with Gasteiger partial charge in [-0.3, -0.25) is 14.6 Å². The smallest absolute Gasteiger partial charge is 0.324 e. The zero-order chi connectivity index (χ0) is 10.7. The Hall–Kier alpha value is -1.10. The Bertz CT molecular complexity index is 261. The topological polar surface area (TPSA) is 52.7 Å². The Morgan fingerprint density at radius 3 is 2.53 bits per heavy atom. The van der Waals surface area contributed by atoms with Crippen molar-refractivity contribution >= 4 is 11.9 Å². The summed E-state index contributed by atoms with van der Waals surface area (Å²) in [6.45, 7) is 3.48. The minimum Gasteiger partial charge on any atom is -0.336 e. The summed E-state index contributed by atoms with van der Waals surface area (Å²) >= 11 is 0. The van der Waals surface area contributed by atoms with E-state index in [4.69, 9.17) is 0 Å². The number of rotatable bonds is 2. The quantitative estimate of drug-likeness (QED) is 0.701. The van der Waals surface area contributed by atoms with Crippen molar-refractivity contribution in [1.29, 1.82) is 0 Å². The zero-order valence-electron chi connectivity index (χ0n) is 8.87. The van der Waals surface area contributed by atoms with Crippen LogP contribution >= 0.6 is 0 Å². The lowest BCUT2D eigenvalue weighted by Gasteiger charge is -2.26. The van der Waals surface area contributed by atoms with Crippen LogP contribution in [0.15, 0.2) is 0 Å². The van der Waals surface area contributed by atoms with Crippen LogP contribution in [-0.4, -0.2) is 54.5 Å². The second-order valence-corrected chi connectivity index (χ2v) is 4.11. The third-order valence-corrected chi connectivity index (χ3v) is 2.97. The molecule has 0 radical (unpaired) electrons. The van der Waals surface area contributed by atoms with Gasteiger partial charge in [0.2, 0.25) is 5.91 Å². The molecule has 5 heteroatoms. The van der Waals surface area contributed by atoms with Crippen LogP contribution in [0.3, 0.4) is 0 Å². The number of piperidine rings is 1. The molecule has 15 heavy (non-hydrogen) atoms. The van der Waals surface area contributed by atoms with Crippen LogP contribution in [0.25, 0.3) is 0 Å². The Morgan fingerprint density at radius 2 is 1.93 bits per heavy atom. The molecule has 0 aromatic carbocycles. The van der Waals surface area contributed by atoms with E-state index in [9.17, 15) is 9.59 Å². The van der Waals surface area contributed by atoms with Crippen molar-refractivity contribution in [3.63, 3.8) is 0 Å². The Labute approximate surface area is 89.4 Å². The van der Waals surface area contributed by atoms with Gasteiger partial charge in [0.25, 0.3) is 0 Å². The van der Waals surface area contributed by atoms with Gasteiger partial charge in [0.1, 0.15) is 0 Å². The Kier molecular flexibility index (Phi) is 3.20. The Morgan fingerprint density at radius 1 is 1.20 bits per heavy atom. The summed E-state index contributed by atoms with van der Waals surface area (Å²) in [5.41, 5.74) is 0.